The molecule has 1 fully saturated rings. The van der Waals surface area contributed by atoms with Crippen LogP contribution in [0.25, 0.3) is 11.8 Å². The number of hydrogen-bond acceptors (Lipinski definition) is 7. The van der Waals surface area contributed by atoms with Crippen LogP contribution in [0.2, 0.25) is 0 Å². The predicted octanol–water partition coefficient (Wildman–Crippen LogP) is 8.26. The lowest BCUT2D eigenvalue weighted by Crippen LogP contribution is -2.36. The molecule has 0 spiro atoms. The normalized spacial score (nSPS) is 17.9. The van der Waals surface area contributed by atoms with Crippen molar-refractivity contribution in [3.8, 4) is 17.2 Å². The second-order valence-electron chi connectivity index (χ2n) is 13.0. The second-order valence-corrected chi connectivity index (χ2v) is 14.3. The molecular formula is C42H40FN5O4S. The van der Waals surface area contributed by atoms with Gasteiger partial charge in [-0.15, -0.1) is 0 Å². The fourth-order valence-corrected chi connectivity index (χ4v) is 7.81. The smallest absolute Gasteiger partial charge is 0.256 e. The molecular weight excluding hydrogens is 690 g/mol. The molecule has 270 valence electrons. The predicted molar refractivity (Wildman–Crippen MR) is 205 cm³/mol. The molecule has 1 saturated carbocycles. The Balaban J connectivity index is 1.10. The van der Waals surface area contributed by atoms with E-state index < -0.39 is 5.25 Å². The molecule has 53 heavy (non-hydrogen) atoms. The summed E-state index contributed by atoms with van der Waals surface area (Å²) in [4.78, 5) is 31.8. The summed E-state index contributed by atoms with van der Waals surface area (Å²) in [6, 6.07) is 29.1. The lowest BCUT2D eigenvalue weighted by atomic mass is 9.77. The van der Waals surface area contributed by atoms with E-state index in [4.69, 9.17) is 14.6 Å². The van der Waals surface area contributed by atoms with Gasteiger partial charge in [0.15, 0.2) is 5.16 Å². The number of hydrazone groups is 1. The number of amides is 2. The Kier molecular flexibility index (Phi) is 10.7. The van der Waals surface area contributed by atoms with Gasteiger partial charge in [0.05, 0.1) is 31.2 Å². The Labute approximate surface area is 312 Å². The first kappa shape index (κ1) is 35.7. The lowest BCUT2D eigenvalue weighted by Gasteiger charge is -2.30. The van der Waals surface area contributed by atoms with E-state index in [9.17, 15) is 14.0 Å². The van der Waals surface area contributed by atoms with Gasteiger partial charge in [0.2, 0.25) is 0 Å². The topological polar surface area (TPSA) is 98.0 Å². The number of nitrogens with zero attached hydrogens (tertiary/aromatic N) is 4. The molecule has 1 N–H and O–H groups in total. The summed E-state index contributed by atoms with van der Waals surface area (Å²) >= 11 is 1.36. The molecule has 3 unspecified atom stereocenters. The number of benzene rings is 4. The van der Waals surface area contributed by atoms with Crippen LogP contribution in [0.3, 0.4) is 0 Å². The van der Waals surface area contributed by atoms with E-state index >= 15 is 0 Å². The van der Waals surface area contributed by atoms with Gasteiger partial charge in [-0.2, -0.15) is 5.10 Å². The molecule has 0 radical (unpaired) electrons. The Bertz CT molecular complexity index is 2150. The van der Waals surface area contributed by atoms with E-state index in [1.807, 2.05) is 78.4 Å². The Hall–Kier alpha value is -5.68. The number of ether oxygens (including phenoxy) is 2. The SMILES string of the molecule is COc1ccc(/C=C2\CCCC3C2=NN(C(=O)C(C)Sc2nccn2-c2ccc(C(=O)NCc4ccccc4F)cc2)C3c2ccc(OC)cc2)cc1. The highest BCUT2D eigenvalue weighted by molar-refractivity contribution is 8.00. The van der Waals surface area contributed by atoms with Gasteiger partial charge in [-0.25, -0.2) is 14.4 Å². The maximum absolute atomic E-state index is 14.4. The Morgan fingerprint density at radius 1 is 0.962 bits per heavy atom. The summed E-state index contributed by atoms with van der Waals surface area (Å²) in [5.74, 6) is 0.819. The summed E-state index contributed by atoms with van der Waals surface area (Å²) in [5, 5.41) is 9.68. The summed E-state index contributed by atoms with van der Waals surface area (Å²) in [6.07, 6.45) is 8.49. The van der Waals surface area contributed by atoms with Crippen LogP contribution < -0.4 is 14.8 Å². The van der Waals surface area contributed by atoms with Crippen LogP contribution in [0.5, 0.6) is 11.5 Å². The summed E-state index contributed by atoms with van der Waals surface area (Å²) in [6.45, 7) is 1.97. The molecule has 2 aliphatic rings. The molecule has 2 heterocycles. The van der Waals surface area contributed by atoms with Crippen molar-refractivity contribution >= 4 is 35.4 Å². The number of allylic oxidation sites excluding steroid dienone is 1. The highest BCUT2D eigenvalue weighted by atomic mass is 32.2. The summed E-state index contributed by atoms with van der Waals surface area (Å²) < 4.78 is 26.7. The first-order chi connectivity index (χ1) is 25.8. The van der Waals surface area contributed by atoms with Crippen molar-refractivity contribution in [3.63, 3.8) is 0 Å². The number of fused-ring (bicyclic) bond motifs is 1. The van der Waals surface area contributed by atoms with E-state index in [1.54, 1.807) is 55.8 Å². The first-order valence-corrected chi connectivity index (χ1v) is 18.4. The minimum atomic E-state index is -0.515. The highest BCUT2D eigenvalue weighted by Gasteiger charge is 2.45. The molecule has 1 aromatic heterocycles. The number of methoxy groups -OCH3 is 2. The van der Waals surface area contributed by atoms with Gasteiger partial charge in [0, 0.05) is 41.7 Å². The van der Waals surface area contributed by atoms with Crippen molar-refractivity contribution in [2.45, 2.75) is 49.2 Å². The van der Waals surface area contributed by atoms with Crippen LogP contribution in [0.1, 0.15) is 59.3 Å². The van der Waals surface area contributed by atoms with Crippen LogP contribution >= 0.6 is 11.8 Å². The number of thioether (sulfide) groups is 1. The van der Waals surface area contributed by atoms with Gasteiger partial charge < -0.3 is 14.8 Å². The number of rotatable bonds is 11. The van der Waals surface area contributed by atoms with Crippen molar-refractivity contribution in [2.75, 3.05) is 14.2 Å². The number of nitrogens with one attached hydrogen (secondary N) is 1. The zero-order valence-electron chi connectivity index (χ0n) is 29.7. The van der Waals surface area contributed by atoms with Crippen LogP contribution in [-0.4, -0.2) is 51.6 Å². The number of carbonyl (C=O) groups is 2. The monoisotopic (exact) mass is 729 g/mol. The van der Waals surface area contributed by atoms with Crippen LogP contribution in [0.15, 0.2) is 125 Å². The second kappa shape index (κ2) is 15.9. The maximum atomic E-state index is 14.4. The third kappa shape index (κ3) is 7.75. The van der Waals surface area contributed by atoms with Crippen molar-refractivity contribution in [3.05, 3.63) is 143 Å². The van der Waals surface area contributed by atoms with Gasteiger partial charge in [-0.3, -0.25) is 14.2 Å². The number of aromatic nitrogens is 2. The molecule has 9 nitrogen and oxygen atoms in total. The Morgan fingerprint density at radius 2 is 1.66 bits per heavy atom. The van der Waals surface area contributed by atoms with Crippen molar-refractivity contribution in [2.24, 2.45) is 11.0 Å². The van der Waals surface area contributed by atoms with Gasteiger partial charge in [-0.05, 0) is 104 Å². The maximum Gasteiger partial charge on any atom is 0.256 e. The molecule has 1 aliphatic carbocycles. The molecule has 7 rings (SSSR count). The van der Waals surface area contributed by atoms with E-state index in [0.717, 1.165) is 58.9 Å². The minimum absolute atomic E-state index is 0.0483. The van der Waals surface area contributed by atoms with Gasteiger partial charge in [-0.1, -0.05) is 54.2 Å². The van der Waals surface area contributed by atoms with Gasteiger partial charge >= 0.3 is 0 Å². The largest absolute Gasteiger partial charge is 0.497 e. The third-order valence-corrected chi connectivity index (χ3v) is 10.8. The first-order valence-electron chi connectivity index (χ1n) is 17.6. The number of carbonyl (C=O) groups excluding carboxylic acids is 2. The van der Waals surface area contributed by atoms with E-state index in [-0.39, 0.29) is 36.1 Å². The quantitative estimate of drug-likeness (QED) is 0.138. The van der Waals surface area contributed by atoms with Crippen molar-refractivity contribution in [1.29, 1.82) is 0 Å². The summed E-state index contributed by atoms with van der Waals surface area (Å²) in [7, 11) is 3.30. The molecule has 1 aliphatic heterocycles. The van der Waals surface area contributed by atoms with Crippen molar-refractivity contribution < 1.29 is 23.5 Å². The third-order valence-electron chi connectivity index (χ3n) is 9.68. The number of imidazole rings is 1. The van der Waals surface area contributed by atoms with E-state index in [1.165, 1.54) is 17.8 Å². The fourth-order valence-electron chi connectivity index (χ4n) is 6.88. The Morgan fingerprint density at radius 3 is 2.36 bits per heavy atom. The molecule has 11 heteroatoms. The average Bonchev–Trinajstić information content (AvgIpc) is 3.83. The van der Waals surface area contributed by atoms with E-state index in [2.05, 4.69) is 16.4 Å². The molecule has 4 aromatic carbocycles. The van der Waals surface area contributed by atoms with Crippen LogP contribution in [0, 0.1) is 11.7 Å². The molecule has 5 aromatic rings. The molecule has 3 atom stereocenters. The van der Waals surface area contributed by atoms with Crippen molar-refractivity contribution in [1.82, 2.24) is 19.9 Å². The zero-order chi connectivity index (χ0) is 36.9. The van der Waals surface area contributed by atoms with Gasteiger partial charge in [0.1, 0.15) is 17.3 Å². The number of hydrogen-bond donors (Lipinski definition) is 1. The van der Waals surface area contributed by atoms with Crippen LogP contribution in [-0.2, 0) is 11.3 Å². The van der Waals surface area contributed by atoms with Gasteiger partial charge in [0.25, 0.3) is 11.8 Å². The fraction of sp³-hybridized carbons (Fsp3) is 0.238. The average molecular weight is 730 g/mol. The highest BCUT2D eigenvalue weighted by Crippen LogP contribution is 2.45. The molecule has 0 saturated heterocycles. The minimum Gasteiger partial charge on any atom is -0.497 e. The summed E-state index contributed by atoms with van der Waals surface area (Å²) in [5.41, 5.74) is 5.81. The van der Waals surface area contributed by atoms with Crippen LogP contribution in [0.4, 0.5) is 4.39 Å². The molecule has 0 bridgehead atoms. The number of halogens is 1. The zero-order valence-corrected chi connectivity index (χ0v) is 30.6. The lowest BCUT2D eigenvalue weighted by molar-refractivity contribution is -0.132. The molecule has 2 amide bonds. The standard InChI is InChI=1S/C42H40FN5O4S/c1-27(53-42-44-23-24-47(42)33-17-13-30(14-18-33)40(49)45-26-32-7-4-5-10-37(32)43)41(50)48-39(29-15-21-35(52-3)22-16-29)36-9-6-8-31(38(36)46-48)25-28-11-19-34(51-2)20-12-28/h4-5,7,10-25,27,36,39H,6,8-9,26H2,1-3H3,(H,45,49)/b31-25+. The van der Waals surface area contributed by atoms with E-state index in [0.29, 0.717) is 16.3 Å².